The summed E-state index contributed by atoms with van der Waals surface area (Å²) in [4.78, 5) is 0. The van der Waals surface area contributed by atoms with E-state index in [-0.39, 0.29) is 0 Å². The summed E-state index contributed by atoms with van der Waals surface area (Å²) >= 11 is 7.15. The molecule has 1 aromatic carbocycles. The van der Waals surface area contributed by atoms with Crippen molar-refractivity contribution in [3.05, 3.63) is 54.0 Å². The molecule has 2 N–H and O–H groups in total. The Kier molecular flexibility index (Phi) is 6.63. The van der Waals surface area contributed by atoms with E-state index >= 15 is 0 Å². The van der Waals surface area contributed by atoms with Gasteiger partial charge in [0.15, 0.2) is 5.11 Å². The van der Waals surface area contributed by atoms with E-state index in [1.54, 1.807) is 6.26 Å². The molecule has 2 aromatic rings. The maximum Gasteiger partial charge on any atom is 0.170 e. The quantitative estimate of drug-likeness (QED) is 0.591. The molecular weight excluding hydrogens is 300 g/mol. The zero-order valence-corrected chi connectivity index (χ0v) is 13.7. The first kappa shape index (κ1) is 15.9. The molecule has 0 aliphatic rings. The van der Waals surface area contributed by atoms with Gasteiger partial charge < -0.3 is 15.1 Å². The molecule has 1 heterocycles. The van der Waals surface area contributed by atoms with Crippen LogP contribution < -0.4 is 10.6 Å². The Hall–Kier alpha value is -1.46. The molecule has 0 amide bonds. The van der Waals surface area contributed by atoms with Crippen LogP contribution in [0.25, 0.3) is 0 Å². The van der Waals surface area contributed by atoms with Crippen molar-refractivity contribution in [2.75, 3.05) is 17.6 Å². The summed E-state index contributed by atoms with van der Waals surface area (Å²) in [6.07, 6.45) is 2.79. The molecule has 112 valence electrons. The van der Waals surface area contributed by atoms with Gasteiger partial charge in [0.05, 0.1) is 12.0 Å². The van der Waals surface area contributed by atoms with Crippen LogP contribution in [0.3, 0.4) is 0 Å². The van der Waals surface area contributed by atoms with E-state index in [9.17, 15) is 0 Å². The van der Waals surface area contributed by atoms with E-state index in [4.69, 9.17) is 16.6 Å². The molecule has 0 atom stereocenters. The molecule has 0 bridgehead atoms. The Morgan fingerprint density at radius 1 is 1.29 bits per heavy atom. The fourth-order valence-corrected chi connectivity index (χ4v) is 2.92. The number of thioether (sulfide) groups is 1. The summed E-state index contributed by atoms with van der Waals surface area (Å²) < 4.78 is 5.29. The zero-order chi connectivity index (χ0) is 14.9. The van der Waals surface area contributed by atoms with Crippen molar-refractivity contribution in [3.8, 4) is 0 Å². The first-order valence-corrected chi connectivity index (χ1v) is 8.52. The number of rotatable bonds is 7. The van der Waals surface area contributed by atoms with Crippen LogP contribution in [0.15, 0.2) is 47.1 Å². The number of anilines is 1. The molecule has 0 unspecified atom stereocenters. The predicted molar refractivity (Wildman–Crippen MR) is 94.9 cm³/mol. The van der Waals surface area contributed by atoms with Crippen LogP contribution in [0, 0.1) is 6.92 Å². The molecule has 0 saturated heterocycles. The second kappa shape index (κ2) is 8.74. The van der Waals surface area contributed by atoms with Crippen LogP contribution in [0.1, 0.15) is 17.7 Å². The van der Waals surface area contributed by atoms with Crippen molar-refractivity contribution in [2.24, 2.45) is 0 Å². The molecule has 0 saturated carbocycles. The SMILES string of the molecule is Cc1cccc(NC(=S)NCCCSCc2ccco2)c1. The van der Waals surface area contributed by atoms with Crippen LogP contribution in [0.4, 0.5) is 5.69 Å². The fraction of sp³-hybridized carbons (Fsp3) is 0.312. The maximum atomic E-state index is 5.29. The van der Waals surface area contributed by atoms with Crippen LogP contribution in [0.5, 0.6) is 0 Å². The molecule has 21 heavy (non-hydrogen) atoms. The standard InChI is InChI=1S/C16H20N2OS2/c1-13-5-2-6-14(11-13)18-16(20)17-8-4-10-21-12-15-7-3-9-19-15/h2-3,5-7,9,11H,4,8,10,12H2,1H3,(H2,17,18,20). The molecule has 2 rings (SSSR count). The van der Waals surface area contributed by atoms with E-state index in [1.807, 2.05) is 36.0 Å². The van der Waals surface area contributed by atoms with Gasteiger partial charge in [-0.05, 0) is 61.1 Å². The third-order valence-corrected chi connectivity index (χ3v) is 4.16. The topological polar surface area (TPSA) is 37.2 Å². The van der Waals surface area contributed by atoms with Gasteiger partial charge in [0.1, 0.15) is 5.76 Å². The highest BCUT2D eigenvalue weighted by Crippen LogP contribution is 2.13. The average Bonchev–Trinajstić information content (AvgIpc) is 2.96. The minimum Gasteiger partial charge on any atom is -0.468 e. The van der Waals surface area contributed by atoms with E-state index < -0.39 is 0 Å². The van der Waals surface area contributed by atoms with Crippen molar-refractivity contribution in [3.63, 3.8) is 0 Å². The predicted octanol–water partition coefficient (Wildman–Crippen LogP) is 4.20. The minimum absolute atomic E-state index is 0.677. The van der Waals surface area contributed by atoms with Gasteiger partial charge in [-0.3, -0.25) is 0 Å². The molecule has 0 aliphatic heterocycles. The second-order valence-corrected chi connectivity index (χ2v) is 6.25. The third-order valence-electron chi connectivity index (χ3n) is 2.85. The van der Waals surface area contributed by atoms with Crippen LogP contribution in [0.2, 0.25) is 0 Å². The third kappa shape index (κ3) is 6.23. The normalized spacial score (nSPS) is 10.3. The Labute approximate surface area is 135 Å². The highest BCUT2D eigenvalue weighted by molar-refractivity contribution is 7.98. The molecule has 0 fully saturated rings. The largest absolute Gasteiger partial charge is 0.468 e. The van der Waals surface area contributed by atoms with E-state index in [1.165, 1.54) is 5.56 Å². The average molecular weight is 320 g/mol. The summed E-state index contributed by atoms with van der Waals surface area (Å²) in [5, 5.41) is 7.10. The van der Waals surface area contributed by atoms with Crippen molar-refractivity contribution < 1.29 is 4.42 Å². The number of hydrogen-bond donors (Lipinski definition) is 2. The molecule has 0 aliphatic carbocycles. The molecule has 5 heteroatoms. The number of aryl methyl sites for hydroxylation is 1. The number of furan rings is 1. The summed E-state index contributed by atoms with van der Waals surface area (Å²) in [6.45, 7) is 2.95. The smallest absolute Gasteiger partial charge is 0.170 e. The molecule has 3 nitrogen and oxygen atoms in total. The number of thiocarbonyl (C=S) groups is 1. The Balaban J connectivity index is 1.55. The summed E-state index contributed by atoms with van der Waals surface area (Å²) in [7, 11) is 0. The van der Waals surface area contributed by atoms with Gasteiger partial charge in [-0.1, -0.05) is 12.1 Å². The van der Waals surface area contributed by atoms with Crippen molar-refractivity contribution in [2.45, 2.75) is 19.1 Å². The fourth-order valence-electron chi connectivity index (χ4n) is 1.84. The second-order valence-electron chi connectivity index (χ2n) is 4.74. The van der Waals surface area contributed by atoms with Gasteiger partial charge in [-0.2, -0.15) is 11.8 Å². The maximum absolute atomic E-state index is 5.29. The number of nitrogens with one attached hydrogen (secondary N) is 2. The summed E-state index contributed by atoms with van der Waals surface area (Å²) in [5.74, 6) is 3.05. The van der Waals surface area contributed by atoms with E-state index in [0.29, 0.717) is 5.11 Å². The molecular formula is C16H20N2OS2. The molecule has 1 aromatic heterocycles. The molecule has 0 spiro atoms. The van der Waals surface area contributed by atoms with Gasteiger partial charge in [-0.25, -0.2) is 0 Å². The summed E-state index contributed by atoms with van der Waals surface area (Å²) in [5.41, 5.74) is 2.25. The Morgan fingerprint density at radius 3 is 2.95 bits per heavy atom. The highest BCUT2D eigenvalue weighted by atomic mass is 32.2. The monoisotopic (exact) mass is 320 g/mol. The Morgan fingerprint density at radius 2 is 2.19 bits per heavy atom. The number of benzene rings is 1. The van der Waals surface area contributed by atoms with Crippen molar-refractivity contribution in [1.29, 1.82) is 0 Å². The zero-order valence-electron chi connectivity index (χ0n) is 12.1. The lowest BCUT2D eigenvalue weighted by molar-refractivity contribution is 0.530. The van der Waals surface area contributed by atoms with Crippen LogP contribution in [-0.2, 0) is 5.75 Å². The lowest BCUT2D eigenvalue weighted by Crippen LogP contribution is -2.29. The molecule has 0 radical (unpaired) electrons. The van der Waals surface area contributed by atoms with Gasteiger partial charge >= 0.3 is 0 Å². The van der Waals surface area contributed by atoms with Gasteiger partial charge in [0.2, 0.25) is 0 Å². The lowest BCUT2D eigenvalue weighted by atomic mass is 10.2. The van der Waals surface area contributed by atoms with Crippen molar-refractivity contribution >= 4 is 34.8 Å². The first-order valence-electron chi connectivity index (χ1n) is 6.96. The van der Waals surface area contributed by atoms with Crippen LogP contribution in [-0.4, -0.2) is 17.4 Å². The van der Waals surface area contributed by atoms with E-state index in [0.717, 1.165) is 35.9 Å². The highest BCUT2D eigenvalue weighted by Gasteiger charge is 1.98. The van der Waals surface area contributed by atoms with E-state index in [2.05, 4.69) is 29.7 Å². The minimum atomic E-state index is 0.677. The van der Waals surface area contributed by atoms with Gasteiger partial charge in [0.25, 0.3) is 0 Å². The Bertz CT molecular complexity index is 555. The van der Waals surface area contributed by atoms with Crippen molar-refractivity contribution in [1.82, 2.24) is 5.32 Å². The summed E-state index contributed by atoms with van der Waals surface area (Å²) in [6, 6.07) is 12.1. The number of hydrogen-bond acceptors (Lipinski definition) is 3. The lowest BCUT2D eigenvalue weighted by Gasteiger charge is -2.10. The first-order chi connectivity index (χ1) is 10.2. The van der Waals surface area contributed by atoms with Gasteiger partial charge in [0, 0.05) is 12.2 Å². The van der Waals surface area contributed by atoms with Crippen LogP contribution >= 0.6 is 24.0 Å². The van der Waals surface area contributed by atoms with Gasteiger partial charge in [-0.15, -0.1) is 0 Å².